The highest BCUT2D eigenvalue weighted by Gasteiger charge is 2.12. The largest absolute Gasteiger partial charge is 0.508 e. The lowest BCUT2D eigenvalue weighted by atomic mass is 10.1. The molecule has 0 aliphatic heterocycles. The van der Waals surface area contributed by atoms with Crippen LogP contribution in [0, 0.1) is 6.92 Å². The van der Waals surface area contributed by atoms with Crippen LogP contribution in [0.25, 0.3) is 22.7 Å². The number of hydrogen-bond donors (Lipinski definition) is 1. The van der Waals surface area contributed by atoms with Gasteiger partial charge in [0, 0.05) is 28.6 Å². The van der Waals surface area contributed by atoms with Crippen LogP contribution in [-0.2, 0) is 6.54 Å². The Kier molecular flexibility index (Phi) is 3.86. The molecule has 4 rings (SSSR count). The van der Waals surface area contributed by atoms with Gasteiger partial charge in [0.05, 0.1) is 12.8 Å². The summed E-state index contributed by atoms with van der Waals surface area (Å²) in [4.78, 5) is 4.56. The fourth-order valence-corrected chi connectivity index (χ4v) is 2.93. The number of aryl methyl sites for hydroxylation is 1. The molecule has 0 aliphatic carbocycles. The predicted octanol–water partition coefficient (Wildman–Crippen LogP) is 4.87. The van der Waals surface area contributed by atoms with E-state index in [0.717, 1.165) is 34.0 Å². The zero-order chi connectivity index (χ0) is 17.2. The van der Waals surface area contributed by atoms with Gasteiger partial charge in [0.25, 0.3) is 0 Å². The van der Waals surface area contributed by atoms with Crippen molar-refractivity contribution in [2.75, 3.05) is 0 Å². The van der Waals surface area contributed by atoms with Crippen molar-refractivity contribution < 1.29 is 9.52 Å². The number of rotatable bonds is 4. The number of phenolic OH excluding ortho intramolecular Hbond substituents is 1. The van der Waals surface area contributed by atoms with Crippen molar-refractivity contribution in [2.45, 2.75) is 13.5 Å². The van der Waals surface area contributed by atoms with Crippen molar-refractivity contribution >= 4 is 0 Å². The minimum atomic E-state index is 0.301. The van der Waals surface area contributed by atoms with Crippen molar-refractivity contribution in [2.24, 2.45) is 0 Å². The number of aromatic hydroxyl groups is 1. The fourth-order valence-electron chi connectivity index (χ4n) is 2.93. The Morgan fingerprint density at radius 1 is 0.960 bits per heavy atom. The van der Waals surface area contributed by atoms with Gasteiger partial charge in [-0.2, -0.15) is 0 Å². The Morgan fingerprint density at radius 3 is 2.44 bits per heavy atom. The zero-order valence-electron chi connectivity index (χ0n) is 13.9. The molecule has 2 aromatic carbocycles. The average Bonchev–Trinajstić information content (AvgIpc) is 3.28. The third-order valence-electron chi connectivity index (χ3n) is 4.32. The first-order valence-corrected chi connectivity index (χ1v) is 8.15. The highest BCUT2D eigenvalue weighted by molar-refractivity contribution is 5.64. The summed E-state index contributed by atoms with van der Waals surface area (Å²) in [6.45, 7) is 2.60. The second-order valence-electron chi connectivity index (χ2n) is 5.99. The van der Waals surface area contributed by atoms with Gasteiger partial charge in [-0.1, -0.05) is 42.5 Å². The highest BCUT2D eigenvalue weighted by Crippen LogP contribution is 2.27. The van der Waals surface area contributed by atoms with Gasteiger partial charge in [-0.3, -0.25) is 0 Å². The molecule has 124 valence electrons. The van der Waals surface area contributed by atoms with Crippen LogP contribution in [-0.4, -0.2) is 14.7 Å². The predicted molar refractivity (Wildman–Crippen MR) is 97.3 cm³/mol. The molecule has 0 aliphatic rings. The molecular formula is C21H18N2O2. The normalized spacial score (nSPS) is 10.9. The average molecular weight is 330 g/mol. The first kappa shape index (κ1) is 15.3. The maximum absolute atomic E-state index is 10.1. The van der Waals surface area contributed by atoms with Gasteiger partial charge < -0.3 is 14.1 Å². The Morgan fingerprint density at radius 2 is 1.72 bits per heavy atom. The standard InChI is InChI=1S/C21H18N2O2/c1-15-13-22-21(23(15)14-18-5-2-3-6-19(18)24)17-10-8-16(9-11-17)20-7-4-12-25-20/h2-13,24H,14H2,1H3. The second-order valence-corrected chi connectivity index (χ2v) is 5.99. The number of para-hydroxylation sites is 1. The van der Waals surface area contributed by atoms with E-state index in [1.54, 1.807) is 12.3 Å². The Labute approximate surface area is 146 Å². The molecule has 4 heteroatoms. The van der Waals surface area contributed by atoms with Gasteiger partial charge in [0.1, 0.15) is 17.3 Å². The van der Waals surface area contributed by atoms with E-state index < -0.39 is 0 Å². The topological polar surface area (TPSA) is 51.2 Å². The second kappa shape index (κ2) is 6.32. The van der Waals surface area contributed by atoms with E-state index in [4.69, 9.17) is 4.42 Å². The first-order chi connectivity index (χ1) is 12.2. The third-order valence-corrected chi connectivity index (χ3v) is 4.32. The molecule has 0 bridgehead atoms. The van der Waals surface area contributed by atoms with Crippen LogP contribution < -0.4 is 0 Å². The lowest BCUT2D eigenvalue weighted by Gasteiger charge is -2.12. The van der Waals surface area contributed by atoms with E-state index in [2.05, 4.69) is 9.55 Å². The molecular weight excluding hydrogens is 312 g/mol. The molecule has 0 atom stereocenters. The summed E-state index contributed by atoms with van der Waals surface area (Å²) in [5.74, 6) is 2.03. The molecule has 1 N–H and O–H groups in total. The molecule has 25 heavy (non-hydrogen) atoms. The van der Waals surface area contributed by atoms with Crippen molar-refractivity contribution in [1.29, 1.82) is 0 Å². The number of furan rings is 1. The lowest BCUT2D eigenvalue weighted by molar-refractivity contribution is 0.466. The highest BCUT2D eigenvalue weighted by atomic mass is 16.3. The molecule has 0 saturated carbocycles. The fraction of sp³-hybridized carbons (Fsp3) is 0.0952. The maximum atomic E-state index is 10.1. The van der Waals surface area contributed by atoms with Crippen LogP contribution in [0.3, 0.4) is 0 Å². The quantitative estimate of drug-likeness (QED) is 0.580. The van der Waals surface area contributed by atoms with Crippen molar-refractivity contribution in [3.63, 3.8) is 0 Å². The van der Waals surface area contributed by atoms with E-state index in [9.17, 15) is 5.11 Å². The summed E-state index contributed by atoms with van der Waals surface area (Å²) in [6, 6.07) is 19.4. The van der Waals surface area contributed by atoms with E-state index >= 15 is 0 Å². The van der Waals surface area contributed by atoms with Gasteiger partial charge in [-0.05, 0) is 25.1 Å². The zero-order valence-corrected chi connectivity index (χ0v) is 13.9. The van der Waals surface area contributed by atoms with Crippen LogP contribution in [0.2, 0.25) is 0 Å². The van der Waals surface area contributed by atoms with E-state index in [1.165, 1.54) is 0 Å². The number of phenols is 1. The number of imidazole rings is 1. The summed E-state index contributed by atoms with van der Waals surface area (Å²) >= 11 is 0. The van der Waals surface area contributed by atoms with Crippen LogP contribution >= 0.6 is 0 Å². The number of nitrogens with zero attached hydrogens (tertiary/aromatic N) is 2. The molecule has 0 amide bonds. The number of hydrogen-bond acceptors (Lipinski definition) is 3. The van der Waals surface area contributed by atoms with E-state index in [1.807, 2.05) is 67.7 Å². The van der Waals surface area contributed by atoms with E-state index in [-0.39, 0.29) is 0 Å². The molecule has 0 radical (unpaired) electrons. The smallest absolute Gasteiger partial charge is 0.140 e. The monoisotopic (exact) mass is 330 g/mol. The SMILES string of the molecule is Cc1cnc(-c2ccc(-c3ccco3)cc2)n1Cc1ccccc1O. The Hall–Kier alpha value is -3.27. The van der Waals surface area contributed by atoms with Gasteiger partial charge in [0.2, 0.25) is 0 Å². The summed E-state index contributed by atoms with van der Waals surface area (Å²) < 4.78 is 7.54. The molecule has 4 aromatic rings. The van der Waals surface area contributed by atoms with Crippen LogP contribution in [0.1, 0.15) is 11.3 Å². The van der Waals surface area contributed by atoms with Gasteiger partial charge >= 0.3 is 0 Å². The number of aromatic nitrogens is 2. The van der Waals surface area contributed by atoms with Crippen LogP contribution in [0.4, 0.5) is 0 Å². The first-order valence-electron chi connectivity index (χ1n) is 8.15. The van der Waals surface area contributed by atoms with Crippen molar-refractivity contribution in [3.8, 4) is 28.5 Å². The summed E-state index contributed by atoms with van der Waals surface area (Å²) in [5, 5.41) is 10.1. The van der Waals surface area contributed by atoms with Gasteiger partial charge in [0.15, 0.2) is 0 Å². The molecule has 0 saturated heterocycles. The Balaban J connectivity index is 1.68. The summed E-state index contributed by atoms with van der Waals surface area (Å²) in [6.07, 6.45) is 3.53. The minimum Gasteiger partial charge on any atom is -0.508 e. The van der Waals surface area contributed by atoms with E-state index in [0.29, 0.717) is 12.3 Å². The van der Waals surface area contributed by atoms with Gasteiger partial charge in [-0.25, -0.2) is 4.98 Å². The molecule has 2 aromatic heterocycles. The van der Waals surface area contributed by atoms with Crippen LogP contribution in [0.15, 0.2) is 77.5 Å². The maximum Gasteiger partial charge on any atom is 0.140 e. The van der Waals surface area contributed by atoms with Gasteiger partial charge in [-0.15, -0.1) is 0 Å². The Bertz CT molecular complexity index is 983. The molecule has 4 nitrogen and oxygen atoms in total. The lowest BCUT2D eigenvalue weighted by Crippen LogP contribution is -2.04. The molecule has 0 unspecified atom stereocenters. The molecule has 2 heterocycles. The summed E-state index contributed by atoms with van der Waals surface area (Å²) in [5.41, 5.74) is 3.98. The van der Waals surface area contributed by atoms with Crippen molar-refractivity contribution in [3.05, 3.63) is 84.4 Å². The number of benzene rings is 2. The van der Waals surface area contributed by atoms with Crippen LogP contribution in [0.5, 0.6) is 5.75 Å². The summed E-state index contributed by atoms with van der Waals surface area (Å²) in [7, 11) is 0. The van der Waals surface area contributed by atoms with Crippen molar-refractivity contribution in [1.82, 2.24) is 9.55 Å². The minimum absolute atomic E-state index is 0.301. The molecule has 0 fully saturated rings. The third kappa shape index (κ3) is 2.94. The molecule has 0 spiro atoms.